The fourth-order valence-corrected chi connectivity index (χ4v) is 3.44. The van der Waals surface area contributed by atoms with Gasteiger partial charge in [-0.2, -0.15) is 0 Å². The van der Waals surface area contributed by atoms with E-state index in [0.717, 1.165) is 24.5 Å². The quantitative estimate of drug-likeness (QED) is 0.578. The third kappa shape index (κ3) is 3.69. The Morgan fingerprint density at radius 3 is 2.56 bits per heavy atom. The maximum atomic E-state index is 14.2. The van der Waals surface area contributed by atoms with E-state index in [4.69, 9.17) is 16.3 Å². The molecule has 1 aliphatic rings. The van der Waals surface area contributed by atoms with Gasteiger partial charge >= 0.3 is 0 Å². The van der Waals surface area contributed by atoms with E-state index in [0.29, 0.717) is 35.5 Å². The fourth-order valence-electron chi connectivity index (χ4n) is 3.25. The number of methoxy groups -OCH3 is 1. The van der Waals surface area contributed by atoms with Crippen LogP contribution in [0.15, 0.2) is 36.4 Å². The van der Waals surface area contributed by atoms with Crippen LogP contribution < -0.4 is 9.64 Å². The lowest BCUT2D eigenvalue weighted by atomic mass is 9.89. The monoisotopic (exact) mass is 364 g/mol. The Kier molecular flexibility index (Phi) is 5.08. The molecule has 0 radical (unpaired) electrons. The molecule has 0 saturated carbocycles. The summed E-state index contributed by atoms with van der Waals surface area (Å²) in [5.41, 5.74) is 1.34. The highest BCUT2D eigenvalue weighted by atomic mass is 35.5. The van der Waals surface area contributed by atoms with Crippen LogP contribution in [0.1, 0.15) is 24.3 Å². The van der Waals surface area contributed by atoms with Gasteiger partial charge in [-0.3, -0.25) is 10.1 Å². The molecule has 0 N–H and O–H groups in total. The topological polar surface area (TPSA) is 55.6 Å². The van der Waals surface area contributed by atoms with Gasteiger partial charge in [0.15, 0.2) is 5.82 Å². The van der Waals surface area contributed by atoms with Gasteiger partial charge in [0.25, 0.3) is 5.69 Å². The summed E-state index contributed by atoms with van der Waals surface area (Å²) in [6.45, 7) is 1.37. The first kappa shape index (κ1) is 17.5. The van der Waals surface area contributed by atoms with Gasteiger partial charge in [-0.1, -0.05) is 17.7 Å². The number of non-ortho nitro benzene ring substituents is 1. The molecule has 2 aromatic carbocycles. The lowest BCUT2D eigenvalue weighted by molar-refractivity contribution is -0.385. The Balaban J connectivity index is 1.71. The molecule has 1 heterocycles. The molecule has 0 spiro atoms. The molecule has 0 aliphatic carbocycles. The number of nitro benzene ring substituents is 1. The molecule has 0 unspecified atom stereocenters. The highest BCUT2D eigenvalue weighted by molar-refractivity contribution is 6.32. The molecule has 0 aromatic heterocycles. The van der Waals surface area contributed by atoms with Crippen LogP contribution in [0.2, 0.25) is 5.02 Å². The summed E-state index contributed by atoms with van der Waals surface area (Å²) in [5, 5.41) is 11.3. The van der Waals surface area contributed by atoms with E-state index in [1.807, 2.05) is 23.1 Å². The molecule has 25 heavy (non-hydrogen) atoms. The van der Waals surface area contributed by atoms with Crippen LogP contribution in [0.5, 0.6) is 5.75 Å². The number of hydrogen-bond acceptors (Lipinski definition) is 4. The predicted molar refractivity (Wildman–Crippen MR) is 95.2 cm³/mol. The summed E-state index contributed by atoms with van der Waals surface area (Å²) in [4.78, 5) is 12.1. The zero-order valence-corrected chi connectivity index (χ0v) is 14.5. The summed E-state index contributed by atoms with van der Waals surface area (Å²) in [6, 6.07) is 9.59. The molecule has 1 aliphatic heterocycles. The molecular weight excluding hydrogens is 347 g/mol. The fraction of sp³-hybridized carbons (Fsp3) is 0.333. The van der Waals surface area contributed by atoms with E-state index >= 15 is 0 Å². The normalized spacial score (nSPS) is 15.2. The Hall–Kier alpha value is -2.34. The summed E-state index contributed by atoms with van der Waals surface area (Å²) in [6.07, 6.45) is 1.72. The van der Waals surface area contributed by atoms with Gasteiger partial charge in [-0.15, -0.1) is 0 Å². The number of halogens is 2. The third-order valence-electron chi connectivity index (χ3n) is 4.62. The van der Waals surface area contributed by atoms with E-state index in [9.17, 15) is 14.5 Å². The Labute approximate surface area is 150 Å². The average molecular weight is 365 g/mol. The summed E-state index contributed by atoms with van der Waals surface area (Å²) in [5.74, 6) is 0.451. The Morgan fingerprint density at radius 1 is 1.24 bits per heavy atom. The molecule has 5 nitrogen and oxygen atoms in total. The number of nitro groups is 1. The third-order valence-corrected chi connectivity index (χ3v) is 4.94. The number of anilines is 1. The zero-order valence-electron chi connectivity index (χ0n) is 13.7. The summed E-state index contributed by atoms with van der Waals surface area (Å²) in [7, 11) is 1.59. The molecule has 0 amide bonds. The van der Waals surface area contributed by atoms with Crippen molar-refractivity contribution in [2.24, 2.45) is 0 Å². The SMILES string of the molecule is COc1cc(C2CCN(c3ccc([N+](=O)[O-])cc3F)CC2)ccc1Cl. The van der Waals surface area contributed by atoms with Crippen LogP contribution in [-0.2, 0) is 0 Å². The number of rotatable bonds is 4. The predicted octanol–water partition coefficient (Wildman–Crippen LogP) is 4.78. The van der Waals surface area contributed by atoms with E-state index in [1.165, 1.54) is 12.1 Å². The number of ether oxygens (including phenoxy) is 1. The molecule has 0 atom stereocenters. The first-order chi connectivity index (χ1) is 12.0. The van der Waals surface area contributed by atoms with Crippen molar-refractivity contribution >= 4 is 23.0 Å². The smallest absolute Gasteiger partial charge is 0.272 e. The molecule has 1 fully saturated rings. The van der Waals surface area contributed by atoms with Crippen molar-refractivity contribution in [1.29, 1.82) is 0 Å². The van der Waals surface area contributed by atoms with Crippen LogP contribution in [0.3, 0.4) is 0 Å². The second kappa shape index (κ2) is 7.27. The van der Waals surface area contributed by atoms with E-state index in [-0.39, 0.29) is 5.69 Å². The minimum Gasteiger partial charge on any atom is -0.495 e. The number of hydrogen-bond donors (Lipinski definition) is 0. The van der Waals surface area contributed by atoms with Crippen LogP contribution in [0.4, 0.5) is 15.8 Å². The highest BCUT2D eigenvalue weighted by Crippen LogP contribution is 2.35. The van der Waals surface area contributed by atoms with Gasteiger partial charge in [0.1, 0.15) is 5.75 Å². The van der Waals surface area contributed by atoms with Crippen molar-refractivity contribution in [2.45, 2.75) is 18.8 Å². The molecule has 132 valence electrons. The Morgan fingerprint density at radius 2 is 1.96 bits per heavy atom. The molecule has 0 bridgehead atoms. The first-order valence-electron chi connectivity index (χ1n) is 8.02. The van der Waals surface area contributed by atoms with Crippen molar-refractivity contribution in [3.63, 3.8) is 0 Å². The molecule has 2 aromatic rings. The number of piperidine rings is 1. The minimum atomic E-state index is -0.590. The van der Waals surface area contributed by atoms with Crippen LogP contribution in [0.25, 0.3) is 0 Å². The minimum absolute atomic E-state index is 0.232. The highest BCUT2D eigenvalue weighted by Gasteiger charge is 2.24. The Bertz CT molecular complexity index is 792. The largest absolute Gasteiger partial charge is 0.495 e. The van der Waals surface area contributed by atoms with E-state index in [2.05, 4.69) is 0 Å². The van der Waals surface area contributed by atoms with E-state index in [1.54, 1.807) is 7.11 Å². The van der Waals surface area contributed by atoms with Gasteiger partial charge in [0.05, 0.1) is 28.8 Å². The maximum absolute atomic E-state index is 14.2. The van der Waals surface area contributed by atoms with Gasteiger partial charge in [0.2, 0.25) is 0 Å². The van der Waals surface area contributed by atoms with Gasteiger partial charge < -0.3 is 9.64 Å². The average Bonchev–Trinajstić information content (AvgIpc) is 2.62. The van der Waals surface area contributed by atoms with Gasteiger partial charge in [-0.25, -0.2) is 4.39 Å². The molecule has 7 heteroatoms. The second-order valence-corrected chi connectivity index (χ2v) is 6.46. The van der Waals surface area contributed by atoms with Crippen molar-refractivity contribution in [3.8, 4) is 5.75 Å². The lowest BCUT2D eigenvalue weighted by Gasteiger charge is -2.34. The van der Waals surface area contributed by atoms with E-state index < -0.39 is 10.7 Å². The van der Waals surface area contributed by atoms with Gasteiger partial charge in [0, 0.05) is 19.2 Å². The zero-order chi connectivity index (χ0) is 18.0. The second-order valence-electron chi connectivity index (χ2n) is 6.05. The van der Waals surface area contributed by atoms with Gasteiger partial charge in [-0.05, 0) is 42.5 Å². The van der Waals surface area contributed by atoms with Crippen LogP contribution in [-0.4, -0.2) is 25.1 Å². The first-order valence-corrected chi connectivity index (χ1v) is 8.39. The molecular formula is C18H18ClFN2O3. The number of benzene rings is 2. The molecule has 1 saturated heterocycles. The lowest BCUT2D eigenvalue weighted by Crippen LogP contribution is -2.33. The van der Waals surface area contributed by atoms with Crippen molar-refractivity contribution in [1.82, 2.24) is 0 Å². The summed E-state index contributed by atoms with van der Waals surface area (Å²) >= 11 is 6.07. The standard InChI is InChI=1S/C18H18ClFN2O3/c1-25-18-10-13(2-4-15(18)19)12-6-8-21(9-7-12)17-5-3-14(22(23)24)11-16(17)20/h2-5,10-12H,6-9H2,1H3. The van der Waals surface area contributed by atoms with Crippen molar-refractivity contribution in [3.05, 3.63) is 62.9 Å². The number of nitrogens with zero attached hydrogens (tertiary/aromatic N) is 2. The summed E-state index contributed by atoms with van der Waals surface area (Å²) < 4.78 is 19.4. The maximum Gasteiger partial charge on any atom is 0.272 e. The van der Waals surface area contributed by atoms with Crippen molar-refractivity contribution in [2.75, 3.05) is 25.1 Å². The van der Waals surface area contributed by atoms with Crippen molar-refractivity contribution < 1.29 is 14.1 Å². The van der Waals surface area contributed by atoms with Crippen LogP contribution >= 0.6 is 11.6 Å². The van der Waals surface area contributed by atoms with Crippen LogP contribution in [0, 0.1) is 15.9 Å². The molecule has 3 rings (SSSR count).